The zero-order chi connectivity index (χ0) is 17.1. The zero-order valence-electron chi connectivity index (χ0n) is 13.9. The summed E-state index contributed by atoms with van der Waals surface area (Å²) in [6, 6.07) is 31.5. The second-order valence-electron chi connectivity index (χ2n) is 6.31. The van der Waals surface area contributed by atoms with Gasteiger partial charge in [-0.3, -0.25) is 4.90 Å². The Labute approximate surface area is 162 Å². The average molecular weight is 441 g/mol. The van der Waals surface area contributed by atoms with Gasteiger partial charge in [-0.25, -0.2) is 0 Å². The van der Waals surface area contributed by atoms with Gasteiger partial charge < -0.3 is 4.74 Å². The molecule has 3 aromatic carbocycles. The van der Waals surface area contributed by atoms with Crippen LogP contribution in [0, 0.1) is 0 Å². The van der Waals surface area contributed by atoms with Crippen LogP contribution >= 0.6 is 22.6 Å². The summed E-state index contributed by atoms with van der Waals surface area (Å²) >= 11 is 2.60. The Morgan fingerprint density at radius 3 is 1.64 bits per heavy atom. The van der Waals surface area contributed by atoms with E-state index in [0.717, 1.165) is 18.8 Å². The van der Waals surface area contributed by atoms with E-state index in [9.17, 15) is 0 Å². The normalized spacial score (nSPS) is 15.6. The Kier molecular flexibility index (Phi) is 4.77. The van der Waals surface area contributed by atoms with Gasteiger partial charge in [-0.05, 0) is 23.3 Å². The fourth-order valence-corrected chi connectivity index (χ4v) is 4.42. The van der Waals surface area contributed by atoms with Crippen molar-refractivity contribution in [1.82, 2.24) is 4.90 Å². The molecule has 0 radical (unpaired) electrons. The summed E-state index contributed by atoms with van der Waals surface area (Å²) in [6.45, 7) is 1.84. The van der Waals surface area contributed by atoms with E-state index in [4.69, 9.17) is 4.74 Å². The minimum atomic E-state index is -0.170. The van der Waals surface area contributed by atoms with Crippen LogP contribution in [0.4, 0.5) is 0 Å². The van der Waals surface area contributed by atoms with Gasteiger partial charge in [0.1, 0.15) is 15.4 Å². The molecule has 25 heavy (non-hydrogen) atoms. The lowest BCUT2D eigenvalue weighted by molar-refractivity contribution is -0.00537. The van der Waals surface area contributed by atoms with Crippen LogP contribution in [-0.2, 0) is 3.55 Å². The monoisotopic (exact) mass is 441 g/mol. The highest BCUT2D eigenvalue weighted by Crippen LogP contribution is 2.45. The van der Waals surface area contributed by atoms with Gasteiger partial charge in [0.2, 0.25) is 0 Å². The molecule has 0 atom stereocenters. The predicted molar refractivity (Wildman–Crippen MR) is 110 cm³/mol. The minimum Gasteiger partial charge on any atom is -0.488 e. The van der Waals surface area contributed by atoms with Crippen LogP contribution in [-0.4, -0.2) is 24.1 Å². The van der Waals surface area contributed by atoms with Crippen LogP contribution in [0.15, 0.2) is 91.0 Å². The molecule has 1 aliphatic rings. The first kappa shape index (κ1) is 16.6. The Morgan fingerprint density at radius 1 is 0.720 bits per heavy atom. The van der Waals surface area contributed by atoms with Crippen molar-refractivity contribution in [1.29, 1.82) is 0 Å². The second kappa shape index (κ2) is 7.18. The molecule has 1 fully saturated rings. The molecule has 0 aliphatic carbocycles. The number of hydrogen-bond donors (Lipinski definition) is 0. The van der Waals surface area contributed by atoms with Crippen LogP contribution in [0.5, 0.6) is 5.75 Å². The van der Waals surface area contributed by atoms with Crippen LogP contribution in [0.1, 0.15) is 11.1 Å². The quantitative estimate of drug-likeness (QED) is 0.311. The third-order valence-corrected chi connectivity index (χ3v) is 6.57. The van der Waals surface area contributed by atoms with Gasteiger partial charge in [-0.1, -0.05) is 101 Å². The number of para-hydroxylation sites is 1. The fraction of sp³-hybridized carbons (Fsp3) is 0.182. The van der Waals surface area contributed by atoms with Crippen molar-refractivity contribution >= 4 is 22.6 Å². The van der Waals surface area contributed by atoms with Crippen molar-refractivity contribution in [2.24, 2.45) is 0 Å². The highest BCUT2D eigenvalue weighted by Gasteiger charge is 2.45. The van der Waals surface area contributed by atoms with Gasteiger partial charge in [0.25, 0.3) is 0 Å². The number of halogens is 1. The Morgan fingerprint density at radius 2 is 1.16 bits per heavy atom. The van der Waals surface area contributed by atoms with Gasteiger partial charge in [0, 0.05) is 13.1 Å². The molecule has 2 nitrogen and oxygen atoms in total. The van der Waals surface area contributed by atoms with Crippen molar-refractivity contribution in [2.45, 2.75) is 9.65 Å². The van der Waals surface area contributed by atoms with Crippen molar-refractivity contribution in [3.05, 3.63) is 102 Å². The summed E-state index contributed by atoms with van der Waals surface area (Å²) < 4.78 is 5.93. The number of nitrogens with zero attached hydrogens (tertiary/aromatic N) is 1. The first-order chi connectivity index (χ1) is 12.3. The van der Waals surface area contributed by atoms with Gasteiger partial charge in [-0.15, -0.1) is 0 Å². The number of rotatable bonds is 5. The molecule has 1 aliphatic heterocycles. The molecule has 4 rings (SSSR count). The average Bonchev–Trinajstić information content (AvgIpc) is 2.66. The van der Waals surface area contributed by atoms with Gasteiger partial charge in [-0.2, -0.15) is 0 Å². The number of alkyl halides is 1. The van der Waals surface area contributed by atoms with Gasteiger partial charge in [0.15, 0.2) is 0 Å². The Balaban J connectivity index is 1.57. The number of likely N-dealkylation sites (tertiary alicyclic amines) is 1. The van der Waals surface area contributed by atoms with Crippen LogP contribution in [0.25, 0.3) is 0 Å². The van der Waals surface area contributed by atoms with E-state index in [0.29, 0.717) is 0 Å². The summed E-state index contributed by atoms with van der Waals surface area (Å²) in [4.78, 5) is 2.49. The molecule has 126 valence electrons. The molecule has 3 heteroatoms. The maximum absolute atomic E-state index is 6.10. The van der Waals surface area contributed by atoms with Crippen molar-refractivity contribution < 1.29 is 4.74 Å². The molecule has 0 saturated carbocycles. The number of benzene rings is 3. The molecule has 0 spiro atoms. The van der Waals surface area contributed by atoms with E-state index in [1.165, 1.54) is 11.1 Å². The number of hydrogen-bond acceptors (Lipinski definition) is 2. The molecular weight excluding hydrogens is 421 g/mol. The minimum absolute atomic E-state index is 0.170. The summed E-state index contributed by atoms with van der Waals surface area (Å²) in [5, 5.41) is 0. The van der Waals surface area contributed by atoms with Gasteiger partial charge >= 0.3 is 0 Å². The lowest BCUT2D eigenvalue weighted by Gasteiger charge is -2.49. The second-order valence-corrected chi connectivity index (χ2v) is 7.87. The molecule has 0 N–H and O–H groups in total. The predicted octanol–water partition coefficient (Wildman–Crippen LogP) is 5.09. The third kappa shape index (κ3) is 3.31. The van der Waals surface area contributed by atoms with Gasteiger partial charge in [0.05, 0.1) is 0 Å². The number of ether oxygens (including phenoxy) is 1. The molecule has 0 bridgehead atoms. The van der Waals surface area contributed by atoms with E-state index >= 15 is 0 Å². The molecule has 0 amide bonds. The van der Waals surface area contributed by atoms with E-state index in [1.807, 2.05) is 30.3 Å². The molecule has 1 saturated heterocycles. The summed E-state index contributed by atoms with van der Waals surface area (Å²) in [5.41, 5.74) is 2.61. The maximum Gasteiger partial charge on any atom is 0.124 e. The van der Waals surface area contributed by atoms with Crippen molar-refractivity contribution in [2.75, 3.05) is 13.1 Å². The van der Waals surface area contributed by atoms with E-state index in [2.05, 4.69) is 88.2 Å². The summed E-state index contributed by atoms with van der Waals surface area (Å²) in [7, 11) is 0. The first-order valence-electron chi connectivity index (χ1n) is 8.53. The lowest BCUT2D eigenvalue weighted by atomic mass is 9.93. The van der Waals surface area contributed by atoms with Crippen LogP contribution in [0.3, 0.4) is 0 Å². The summed E-state index contributed by atoms with van der Waals surface area (Å²) in [5.74, 6) is 0.950. The van der Waals surface area contributed by atoms with Crippen molar-refractivity contribution in [3.63, 3.8) is 0 Å². The largest absolute Gasteiger partial charge is 0.488 e. The van der Waals surface area contributed by atoms with E-state index in [1.54, 1.807) is 0 Å². The van der Waals surface area contributed by atoms with Crippen LogP contribution in [0.2, 0.25) is 0 Å². The first-order valence-corrected chi connectivity index (χ1v) is 9.61. The smallest absolute Gasteiger partial charge is 0.124 e. The van der Waals surface area contributed by atoms with Crippen LogP contribution < -0.4 is 4.74 Å². The molecular formula is C22H20INO. The highest BCUT2D eigenvalue weighted by molar-refractivity contribution is 14.1. The molecule has 0 aromatic heterocycles. The SMILES string of the molecule is IC(c1ccccc1)(c1ccccc1)N1CC(Oc2ccccc2)C1. The lowest BCUT2D eigenvalue weighted by Crippen LogP contribution is -2.60. The highest BCUT2D eigenvalue weighted by atomic mass is 127. The maximum atomic E-state index is 6.10. The van der Waals surface area contributed by atoms with Crippen molar-refractivity contribution in [3.8, 4) is 5.75 Å². The molecule has 1 heterocycles. The standard InChI is InChI=1S/C22H20INO/c23-22(18-10-4-1-5-11-18,19-12-6-2-7-13-19)24-16-21(17-24)25-20-14-8-3-9-15-20/h1-15,21H,16-17H2. The molecule has 0 unspecified atom stereocenters. The zero-order valence-corrected chi connectivity index (χ0v) is 16.0. The topological polar surface area (TPSA) is 12.5 Å². The Bertz CT molecular complexity index is 762. The fourth-order valence-electron chi connectivity index (χ4n) is 3.31. The van der Waals surface area contributed by atoms with E-state index in [-0.39, 0.29) is 9.65 Å². The van der Waals surface area contributed by atoms with E-state index < -0.39 is 0 Å². The third-order valence-electron chi connectivity index (χ3n) is 4.64. The Hall–Kier alpha value is -1.85. The summed E-state index contributed by atoms with van der Waals surface area (Å²) in [6.07, 6.45) is 0.240. The molecule has 3 aromatic rings.